The first-order chi connectivity index (χ1) is 9.81. The molecule has 0 atom stereocenters. The first-order valence-electron chi connectivity index (χ1n) is 6.22. The van der Waals surface area contributed by atoms with Crippen LogP contribution < -0.4 is 5.73 Å². The van der Waals surface area contributed by atoms with Crippen LogP contribution in [0.1, 0.15) is 20.3 Å². The van der Waals surface area contributed by atoms with Crippen LogP contribution in [0.25, 0.3) is 0 Å². The van der Waals surface area contributed by atoms with Gasteiger partial charge < -0.3 is 20.3 Å². The van der Waals surface area contributed by atoms with Gasteiger partial charge in [0.25, 0.3) is 6.02 Å². The second-order valence-electron chi connectivity index (χ2n) is 3.88. The maximum atomic E-state index is 9.54. The van der Waals surface area contributed by atoms with E-state index in [2.05, 4.69) is 17.9 Å². The quantitative estimate of drug-likeness (QED) is 0.249. The highest BCUT2D eigenvalue weighted by molar-refractivity contribution is 5.99. The predicted molar refractivity (Wildman–Crippen MR) is 84.0 cm³/mol. The molecule has 6 heteroatoms. The van der Waals surface area contributed by atoms with Gasteiger partial charge in [-0.25, -0.2) is 0 Å². The van der Waals surface area contributed by atoms with Crippen LogP contribution in [0, 0.1) is 10.8 Å². The van der Waals surface area contributed by atoms with Crippen molar-refractivity contribution in [3.8, 4) is 0 Å². The Labute approximate surface area is 124 Å². The zero-order valence-electron chi connectivity index (χ0n) is 12.3. The first-order valence-corrected chi connectivity index (χ1v) is 6.22. The standard InChI is InChI=1S/C15H21N3O3/c1-5-7-8-12(6-2)20-13(11(4)19)9-10(3)14(16)21-15(17)18/h6-9,16,19H,3-5H2,1-2H3,(H3,17,18)/b8-7-,12-6+,13-9+,16-14?. The van der Waals surface area contributed by atoms with Crippen molar-refractivity contribution in [1.29, 1.82) is 10.8 Å². The lowest BCUT2D eigenvalue weighted by atomic mass is 10.2. The molecule has 0 aromatic carbocycles. The lowest BCUT2D eigenvalue weighted by Crippen LogP contribution is -2.19. The molecule has 0 radical (unpaired) electrons. The maximum absolute atomic E-state index is 9.54. The third-order valence-electron chi connectivity index (χ3n) is 2.12. The van der Waals surface area contributed by atoms with Crippen LogP contribution >= 0.6 is 0 Å². The van der Waals surface area contributed by atoms with Crippen LogP contribution in [0.15, 0.2) is 60.3 Å². The van der Waals surface area contributed by atoms with E-state index in [0.717, 1.165) is 6.42 Å². The number of nitrogens with one attached hydrogen (secondary N) is 2. The Morgan fingerprint density at radius 2 is 1.90 bits per heavy atom. The minimum absolute atomic E-state index is 0.0192. The van der Waals surface area contributed by atoms with E-state index in [0.29, 0.717) is 5.76 Å². The highest BCUT2D eigenvalue weighted by Crippen LogP contribution is 2.16. The number of hydrogen-bond donors (Lipinski definition) is 4. The van der Waals surface area contributed by atoms with Gasteiger partial charge in [0.05, 0.1) is 0 Å². The van der Waals surface area contributed by atoms with E-state index in [4.69, 9.17) is 21.3 Å². The third kappa shape index (κ3) is 7.41. The van der Waals surface area contributed by atoms with Gasteiger partial charge in [0, 0.05) is 5.57 Å². The lowest BCUT2D eigenvalue weighted by Gasteiger charge is -2.11. The highest BCUT2D eigenvalue weighted by Gasteiger charge is 2.10. The Morgan fingerprint density at radius 1 is 1.29 bits per heavy atom. The van der Waals surface area contributed by atoms with Crippen molar-refractivity contribution in [2.75, 3.05) is 0 Å². The molecular weight excluding hydrogens is 270 g/mol. The molecule has 0 spiro atoms. The van der Waals surface area contributed by atoms with E-state index >= 15 is 0 Å². The lowest BCUT2D eigenvalue weighted by molar-refractivity contribution is 0.277. The molecule has 21 heavy (non-hydrogen) atoms. The molecular formula is C15H21N3O3. The minimum Gasteiger partial charge on any atom is -0.505 e. The van der Waals surface area contributed by atoms with E-state index in [1.165, 1.54) is 6.08 Å². The highest BCUT2D eigenvalue weighted by atomic mass is 16.5. The summed E-state index contributed by atoms with van der Waals surface area (Å²) in [4.78, 5) is 0. The molecule has 0 aliphatic heterocycles. The fourth-order valence-corrected chi connectivity index (χ4v) is 1.12. The topological polar surface area (TPSA) is 112 Å². The maximum Gasteiger partial charge on any atom is 0.285 e. The molecule has 0 fully saturated rings. The Balaban J connectivity index is 5.14. The van der Waals surface area contributed by atoms with Crippen LogP contribution in [0.5, 0.6) is 0 Å². The van der Waals surface area contributed by atoms with Gasteiger partial charge in [-0.3, -0.25) is 10.8 Å². The van der Waals surface area contributed by atoms with Crippen molar-refractivity contribution in [2.24, 2.45) is 5.73 Å². The van der Waals surface area contributed by atoms with E-state index < -0.39 is 11.9 Å². The molecule has 0 heterocycles. The van der Waals surface area contributed by atoms with Crippen LogP contribution in [0.2, 0.25) is 0 Å². The number of nitrogens with two attached hydrogens (primary N) is 1. The molecule has 0 aliphatic rings. The molecule has 6 nitrogen and oxygen atoms in total. The second-order valence-corrected chi connectivity index (χ2v) is 3.88. The van der Waals surface area contributed by atoms with Crippen LogP contribution in [0.3, 0.4) is 0 Å². The summed E-state index contributed by atoms with van der Waals surface area (Å²) < 4.78 is 10.1. The SMILES string of the molecule is C=C(/C=C(/OC(/C=C\CC)=C/C)C(=C)O)C(=N)OC(=N)N. The monoisotopic (exact) mass is 291 g/mol. The summed E-state index contributed by atoms with van der Waals surface area (Å²) in [6.45, 7) is 10.7. The first kappa shape index (κ1) is 18.2. The molecule has 114 valence electrons. The number of aliphatic hydroxyl groups is 1. The molecule has 0 unspecified atom stereocenters. The summed E-state index contributed by atoms with van der Waals surface area (Å²) in [7, 11) is 0. The third-order valence-corrected chi connectivity index (χ3v) is 2.12. The molecule has 0 aliphatic carbocycles. The van der Waals surface area contributed by atoms with Gasteiger partial charge in [0.15, 0.2) is 11.5 Å². The molecule has 0 aromatic heterocycles. The average molecular weight is 291 g/mol. The van der Waals surface area contributed by atoms with Crippen molar-refractivity contribution in [3.63, 3.8) is 0 Å². The summed E-state index contributed by atoms with van der Waals surface area (Å²) in [5, 5.41) is 24.0. The number of aliphatic hydroxyl groups excluding tert-OH is 1. The molecule has 0 aromatic rings. The number of rotatable bonds is 7. The molecule has 5 N–H and O–H groups in total. The normalized spacial score (nSPS) is 12.1. The molecule has 0 bridgehead atoms. The van der Waals surface area contributed by atoms with E-state index in [-0.39, 0.29) is 17.1 Å². The molecule has 0 rings (SSSR count). The minimum atomic E-state index is -0.625. The van der Waals surface area contributed by atoms with Gasteiger partial charge in [0.1, 0.15) is 5.76 Å². The van der Waals surface area contributed by atoms with Gasteiger partial charge in [0.2, 0.25) is 5.90 Å². The van der Waals surface area contributed by atoms with Crippen LogP contribution in [-0.4, -0.2) is 17.0 Å². The molecule has 0 amide bonds. The molecule has 0 saturated carbocycles. The van der Waals surface area contributed by atoms with Crippen molar-refractivity contribution in [2.45, 2.75) is 20.3 Å². The van der Waals surface area contributed by atoms with E-state index in [1.54, 1.807) is 19.1 Å². The number of amidine groups is 1. The van der Waals surface area contributed by atoms with Gasteiger partial charge in [-0.05, 0) is 31.6 Å². The zero-order valence-corrected chi connectivity index (χ0v) is 12.3. The second kappa shape index (κ2) is 9.19. The van der Waals surface area contributed by atoms with E-state index in [9.17, 15) is 5.11 Å². The average Bonchev–Trinajstić information content (AvgIpc) is 2.40. The Bertz CT molecular complexity index is 528. The van der Waals surface area contributed by atoms with Gasteiger partial charge >= 0.3 is 0 Å². The Hall–Kier alpha value is -2.76. The summed E-state index contributed by atoms with van der Waals surface area (Å²) in [6, 6.07) is -0.625. The Morgan fingerprint density at radius 3 is 2.33 bits per heavy atom. The van der Waals surface area contributed by atoms with Crippen LogP contribution in [-0.2, 0) is 9.47 Å². The summed E-state index contributed by atoms with van der Waals surface area (Å²) in [5.41, 5.74) is 5.10. The zero-order chi connectivity index (χ0) is 16.4. The van der Waals surface area contributed by atoms with Crippen molar-refractivity contribution in [3.05, 3.63) is 60.3 Å². The summed E-state index contributed by atoms with van der Waals surface area (Å²) in [5.74, 6) is -0.220. The van der Waals surface area contributed by atoms with Crippen molar-refractivity contribution < 1.29 is 14.6 Å². The summed E-state index contributed by atoms with van der Waals surface area (Å²) in [6.07, 6.45) is 7.46. The summed E-state index contributed by atoms with van der Waals surface area (Å²) >= 11 is 0. The van der Waals surface area contributed by atoms with Gasteiger partial charge in [-0.1, -0.05) is 26.2 Å². The fourth-order valence-electron chi connectivity index (χ4n) is 1.12. The van der Waals surface area contributed by atoms with Crippen LogP contribution in [0.4, 0.5) is 0 Å². The number of ether oxygens (including phenoxy) is 2. The number of hydrogen-bond acceptors (Lipinski definition) is 5. The van der Waals surface area contributed by atoms with Gasteiger partial charge in [-0.2, -0.15) is 0 Å². The smallest absolute Gasteiger partial charge is 0.285 e. The van der Waals surface area contributed by atoms with Gasteiger partial charge in [-0.15, -0.1) is 0 Å². The predicted octanol–water partition coefficient (Wildman–Crippen LogP) is 3.27. The molecule has 0 saturated heterocycles. The Kier molecular flexibility index (Phi) is 7.98. The van der Waals surface area contributed by atoms with Crippen molar-refractivity contribution >= 4 is 11.9 Å². The van der Waals surface area contributed by atoms with E-state index in [1.807, 2.05) is 13.0 Å². The number of allylic oxidation sites excluding steroid dienone is 3. The fraction of sp³-hybridized carbons (Fsp3) is 0.200. The van der Waals surface area contributed by atoms with Crippen molar-refractivity contribution in [1.82, 2.24) is 0 Å². The largest absolute Gasteiger partial charge is 0.505 e.